The molecule has 1 saturated carbocycles. The molecule has 0 aliphatic heterocycles. The Morgan fingerprint density at radius 2 is 1.72 bits per heavy atom. The zero-order chi connectivity index (χ0) is 23.3. The number of likely N-dealkylation sites (N-methyl/N-ethyl adjacent to an activating group) is 2. The largest absolute Gasteiger partial charge is 0.340 e. The molecule has 0 atom stereocenters. The molecule has 0 bridgehead atoms. The molecular formula is C23H29ClFN3O3S. The summed E-state index contributed by atoms with van der Waals surface area (Å²) >= 11 is 6.17. The molecule has 0 radical (unpaired) electrons. The van der Waals surface area contributed by atoms with Crippen LogP contribution in [-0.2, 0) is 10.0 Å². The Morgan fingerprint density at radius 3 is 2.38 bits per heavy atom. The molecule has 1 fully saturated rings. The minimum atomic E-state index is -3.98. The highest BCUT2D eigenvalue weighted by Gasteiger charge is 2.21. The van der Waals surface area contributed by atoms with Gasteiger partial charge in [-0.1, -0.05) is 30.9 Å². The lowest BCUT2D eigenvalue weighted by molar-refractivity contribution is 0.0767. The lowest BCUT2D eigenvalue weighted by atomic mass is 9.94. The number of rotatable bonds is 8. The van der Waals surface area contributed by atoms with E-state index < -0.39 is 15.8 Å². The summed E-state index contributed by atoms with van der Waals surface area (Å²) in [6.07, 6.45) is 6.20. The molecule has 0 saturated heterocycles. The van der Waals surface area contributed by atoms with Gasteiger partial charge in [-0.25, -0.2) is 12.8 Å². The number of nitrogens with one attached hydrogen (secondary N) is 1. The Hall–Kier alpha value is -2.16. The summed E-state index contributed by atoms with van der Waals surface area (Å²) in [5, 5.41) is 0.159. The third-order valence-corrected chi connectivity index (χ3v) is 7.63. The van der Waals surface area contributed by atoms with E-state index in [1.807, 2.05) is 0 Å². The van der Waals surface area contributed by atoms with Gasteiger partial charge in [-0.15, -0.1) is 0 Å². The average Bonchev–Trinajstić information content (AvgIpc) is 2.79. The lowest BCUT2D eigenvalue weighted by Gasteiger charge is -2.32. The summed E-state index contributed by atoms with van der Waals surface area (Å²) in [6.45, 7) is 1.33. The van der Waals surface area contributed by atoms with Crippen molar-refractivity contribution >= 4 is 33.2 Å². The number of carbonyl (C=O) groups is 1. The fraction of sp³-hybridized carbons (Fsp3) is 0.435. The fourth-order valence-electron chi connectivity index (χ4n) is 3.89. The molecule has 9 heteroatoms. The molecule has 1 aliphatic rings. The molecule has 1 N–H and O–H groups in total. The van der Waals surface area contributed by atoms with Crippen LogP contribution >= 0.6 is 11.6 Å². The summed E-state index contributed by atoms with van der Waals surface area (Å²) in [4.78, 5) is 16.8. The average molecular weight is 482 g/mol. The number of hydrogen-bond acceptors (Lipinski definition) is 4. The minimum absolute atomic E-state index is 0.0922. The number of anilines is 1. The van der Waals surface area contributed by atoms with Crippen molar-refractivity contribution in [1.82, 2.24) is 9.80 Å². The van der Waals surface area contributed by atoms with E-state index in [0.29, 0.717) is 18.2 Å². The van der Waals surface area contributed by atoms with Gasteiger partial charge in [0.1, 0.15) is 5.82 Å². The first kappa shape index (κ1) is 24.5. The number of hydrogen-bond donors (Lipinski definition) is 1. The Bertz CT molecular complexity index is 1040. The van der Waals surface area contributed by atoms with Gasteiger partial charge in [-0.2, -0.15) is 0 Å². The second-order valence-corrected chi connectivity index (χ2v) is 10.3. The number of benzene rings is 2. The van der Waals surface area contributed by atoms with E-state index in [-0.39, 0.29) is 21.5 Å². The van der Waals surface area contributed by atoms with Crippen molar-refractivity contribution in [1.29, 1.82) is 0 Å². The highest BCUT2D eigenvalue weighted by molar-refractivity contribution is 7.92. The van der Waals surface area contributed by atoms with Crippen LogP contribution in [0.2, 0.25) is 5.02 Å². The maximum atomic E-state index is 13.1. The zero-order valence-electron chi connectivity index (χ0n) is 18.4. The SMILES string of the molecule is CN(CCN(C)C1CCCCC1)C(=O)c1ccc(Cl)c(NS(=O)(=O)c2ccc(F)cc2)c1. The molecule has 2 aromatic rings. The molecule has 1 amide bonds. The van der Waals surface area contributed by atoms with Crippen molar-refractivity contribution < 1.29 is 17.6 Å². The van der Waals surface area contributed by atoms with Crippen LogP contribution in [0.15, 0.2) is 47.4 Å². The second kappa shape index (κ2) is 10.6. The number of amides is 1. The van der Waals surface area contributed by atoms with Gasteiger partial charge in [0.2, 0.25) is 0 Å². The molecule has 0 spiro atoms. The zero-order valence-corrected chi connectivity index (χ0v) is 19.9. The minimum Gasteiger partial charge on any atom is -0.340 e. The molecule has 3 rings (SSSR count). The lowest BCUT2D eigenvalue weighted by Crippen LogP contribution is -2.40. The highest BCUT2D eigenvalue weighted by atomic mass is 35.5. The van der Waals surface area contributed by atoms with Crippen LogP contribution in [0.3, 0.4) is 0 Å². The van der Waals surface area contributed by atoms with E-state index in [9.17, 15) is 17.6 Å². The molecule has 174 valence electrons. The normalized spacial score (nSPS) is 15.0. The summed E-state index contributed by atoms with van der Waals surface area (Å²) in [5.41, 5.74) is 0.420. The molecule has 32 heavy (non-hydrogen) atoms. The van der Waals surface area contributed by atoms with Crippen molar-refractivity contribution in [3.05, 3.63) is 58.9 Å². The summed E-state index contributed by atoms with van der Waals surface area (Å²) in [5.74, 6) is -0.757. The van der Waals surface area contributed by atoms with E-state index in [0.717, 1.165) is 30.8 Å². The van der Waals surface area contributed by atoms with Gasteiger partial charge in [0, 0.05) is 31.7 Å². The van der Waals surface area contributed by atoms with Crippen LogP contribution in [0.25, 0.3) is 0 Å². The molecule has 0 aromatic heterocycles. The van der Waals surface area contributed by atoms with Crippen molar-refractivity contribution in [3.63, 3.8) is 0 Å². The molecular weight excluding hydrogens is 453 g/mol. The summed E-state index contributed by atoms with van der Waals surface area (Å²) < 4.78 is 40.7. The summed E-state index contributed by atoms with van der Waals surface area (Å²) in [7, 11) is -0.156. The van der Waals surface area contributed by atoms with Gasteiger partial charge in [0.25, 0.3) is 15.9 Å². The van der Waals surface area contributed by atoms with Crippen LogP contribution in [-0.4, -0.2) is 57.4 Å². The molecule has 6 nitrogen and oxygen atoms in total. The van der Waals surface area contributed by atoms with Gasteiger partial charge in [-0.3, -0.25) is 9.52 Å². The third-order valence-electron chi connectivity index (χ3n) is 5.91. The van der Waals surface area contributed by atoms with Gasteiger partial charge < -0.3 is 9.80 Å². The standard InChI is InChI=1S/C23H29ClFN3O3S/c1-27(19-6-4-3-5-7-19)14-15-28(2)23(29)17-8-13-21(24)22(16-17)26-32(30,31)20-11-9-18(25)10-12-20/h8-13,16,19,26H,3-7,14-15H2,1-2H3. The molecule has 2 aromatic carbocycles. The second-order valence-electron chi connectivity index (χ2n) is 8.25. The monoisotopic (exact) mass is 481 g/mol. The van der Waals surface area contributed by atoms with Gasteiger partial charge in [0.15, 0.2) is 0 Å². The van der Waals surface area contributed by atoms with E-state index in [1.54, 1.807) is 18.0 Å². The molecule has 1 aliphatic carbocycles. The van der Waals surface area contributed by atoms with Crippen molar-refractivity contribution in [2.45, 2.75) is 43.0 Å². The maximum absolute atomic E-state index is 13.1. The van der Waals surface area contributed by atoms with Gasteiger partial charge in [0.05, 0.1) is 15.6 Å². The van der Waals surface area contributed by atoms with E-state index in [1.165, 1.54) is 44.2 Å². The first-order valence-electron chi connectivity index (χ1n) is 10.7. The first-order valence-corrected chi connectivity index (χ1v) is 12.6. The van der Waals surface area contributed by atoms with E-state index in [4.69, 9.17) is 11.6 Å². The van der Waals surface area contributed by atoms with Crippen LogP contribution in [0.1, 0.15) is 42.5 Å². The van der Waals surface area contributed by atoms with Crippen molar-refractivity contribution in [3.8, 4) is 0 Å². The van der Waals surface area contributed by atoms with Crippen LogP contribution in [0.5, 0.6) is 0 Å². The van der Waals surface area contributed by atoms with E-state index >= 15 is 0 Å². The fourth-order valence-corrected chi connectivity index (χ4v) is 5.18. The van der Waals surface area contributed by atoms with Crippen molar-refractivity contribution in [2.75, 3.05) is 31.9 Å². The summed E-state index contributed by atoms with van der Waals surface area (Å²) in [6, 6.07) is 9.50. The van der Waals surface area contributed by atoms with E-state index in [2.05, 4.69) is 16.7 Å². The van der Waals surface area contributed by atoms with Crippen LogP contribution < -0.4 is 4.72 Å². The van der Waals surface area contributed by atoms with Crippen LogP contribution in [0, 0.1) is 5.82 Å². The Labute approximate surface area is 194 Å². The Balaban J connectivity index is 1.67. The highest BCUT2D eigenvalue weighted by Crippen LogP contribution is 2.27. The smallest absolute Gasteiger partial charge is 0.261 e. The number of halogens is 2. The Morgan fingerprint density at radius 1 is 1.06 bits per heavy atom. The predicted octanol–water partition coefficient (Wildman–Crippen LogP) is 4.62. The van der Waals surface area contributed by atoms with Gasteiger partial charge >= 0.3 is 0 Å². The predicted molar refractivity (Wildman–Crippen MR) is 125 cm³/mol. The topological polar surface area (TPSA) is 69.7 Å². The Kier molecular flexibility index (Phi) is 8.14. The number of sulfonamides is 1. The van der Waals surface area contributed by atoms with Crippen LogP contribution in [0.4, 0.5) is 10.1 Å². The third kappa shape index (κ3) is 6.21. The first-order chi connectivity index (χ1) is 15.2. The number of carbonyl (C=O) groups excluding carboxylic acids is 1. The molecule has 0 unspecified atom stereocenters. The van der Waals surface area contributed by atoms with Crippen molar-refractivity contribution in [2.24, 2.45) is 0 Å². The molecule has 0 heterocycles. The number of nitrogens with zero attached hydrogens (tertiary/aromatic N) is 2. The maximum Gasteiger partial charge on any atom is 0.261 e. The quantitative estimate of drug-likeness (QED) is 0.597. The van der Waals surface area contributed by atoms with Gasteiger partial charge in [-0.05, 0) is 62.4 Å².